The highest BCUT2D eigenvalue weighted by molar-refractivity contribution is 6.09. The van der Waals surface area contributed by atoms with E-state index in [9.17, 15) is 9.59 Å². The van der Waals surface area contributed by atoms with Crippen LogP contribution in [0.1, 0.15) is 42.7 Å². The summed E-state index contributed by atoms with van der Waals surface area (Å²) in [5, 5.41) is 0. The van der Waals surface area contributed by atoms with E-state index in [1.165, 1.54) is 7.11 Å². The molecule has 0 saturated carbocycles. The number of esters is 1. The Bertz CT molecular complexity index is 1100. The highest BCUT2D eigenvalue weighted by atomic mass is 16.5. The summed E-state index contributed by atoms with van der Waals surface area (Å²) in [6, 6.07) is 15.4. The molecule has 0 fully saturated rings. The maximum Gasteiger partial charge on any atom is 0.315 e. The number of methoxy groups -OCH3 is 3. The summed E-state index contributed by atoms with van der Waals surface area (Å²) < 4.78 is 16.2. The molecule has 0 N–H and O–H groups in total. The smallest absolute Gasteiger partial charge is 0.315 e. The molecule has 1 aliphatic carbocycles. The van der Waals surface area contributed by atoms with E-state index in [2.05, 4.69) is 0 Å². The van der Waals surface area contributed by atoms with Gasteiger partial charge in [-0.3, -0.25) is 14.6 Å². The summed E-state index contributed by atoms with van der Waals surface area (Å²) in [5.74, 6) is -0.421. The molecule has 1 heterocycles. The average Bonchev–Trinajstić information content (AvgIpc) is 2.82. The Labute approximate surface area is 187 Å². The molecule has 0 radical (unpaired) electrons. The quantitative estimate of drug-likeness (QED) is 0.651. The molecule has 32 heavy (non-hydrogen) atoms. The van der Waals surface area contributed by atoms with Gasteiger partial charge in [0.15, 0.2) is 5.78 Å². The fourth-order valence-electron chi connectivity index (χ4n) is 4.87. The Hall–Kier alpha value is -3.41. The standard InChI is InChI=1S/C26H27NO5/c1-15-23(26(29)32-4)24(19-14-18(30-2)10-11-22(19)31-3)25-20(27-15)12-17(13-21(25)28)16-8-6-5-7-9-16/h5-11,14,17,23-24H,12-13H2,1-4H3. The largest absolute Gasteiger partial charge is 0.497 e. The summed E-state index contributed by atoms with van der Waals surface area (Å²) in [4.78, 5) is 31.2. The van der Waals surface area contributed by atoms with Gasteiger partial charge in [0.2, 0.25) is 0 Å². The molecular weight excluding hydrogens is 406 g/mol. The van der Waals surface area contributed by atoms with Gasteiger partial charge in [-0.15, -0.1) is 0 Å². The summed E-state index contributed by atoms with van der Waals surface area (Å²) >= 11 is 0. The number of hydrogen-bond acceptors (Lipinski definition) is 6. The van der Waals surface area contributed by atoms with E-state index >= 15 is 0 Å². The number of hydrogen-bond donors (Lipinski definition) is 0. The fraction of sp³-hybridized carbons (Fsp3) is 0.346. The number of carbonyl (C=O) groups is 2. The third-order valence-corrected chi connectivity index (χ3v) is 6.39. The lowest BCUT2D eigenvalue weighted by atomic mass is 9.69. The fourth-order valence-corrected chi connectivity index (χ4v) is 4.87. The van der Waals surface area contributed by atoms with Gasteiger partial charge in [0.05, 0.1) is 21.3 Å². The van der Waals surface area contributed by atoms with Crippen LogP contribution in [-0.2, 0) is 14.3 Å². The van der Waals surface area contributed by atoms with Crippen LogP contribution in [0.5, 0.6) is 11.5 Å². The van der Waals surface area contributed by atoms with Crippen LogP contribution >= 0.6 is 0 Å². The van der Waals surface area contributed by atoms with Crippen molar-refractivity contribution in [1.82, 2.24) is 0 Å². The number of ether oxygens (including phenoxy) is 3. The number of Topliss-reactive ketones (excluding diaryl/α,β-unsaturated/α-hetero) is 1. The number of benzene rings is 2. The van der Waals surface area contributed by atoms with Crippen molar-refractivity contribution >= 4 is 17.5 Å². The van der Waals surface area contributed by atoms with Gasteiger partial charge in [0, 0.05) is 34.9 Å². The lowest BCUT2D eigenvalue weighted by molar-refractivity contribution is -0.143. The van der Waals surface area contributed by atoms with Crippen molar-refractivity contribution in [2.24, 2.45) is 10.9 Å². The number of aliphatic imine (C=N–C) groups is 1. The molecule has 1 aliphatic heterocycles. The number of nitrogens with zero attached hydrogens (tertiary/aromatic N) is 1. The molecule has 3 unspecified atom stereocenters. The van der Waals surface area contributed by atoms with Gasteiger partial charge in [0.1, 0.15) is 17.4 Å². The second kappa shape index (κ2) is 8.99. The molecule has 0 spiro atoms. The highest BCUT2D eigenvalue weighted by Crippen LogP contribution is 2.49. The van der Waals surface area contributed by atoms with Crippen LogP contribution in [0, 0.1) is 5.92 Å². The van der Waals surface area contributed by atoms with Crippen LogP contribution in [0.25, 0.3) is 0 Å². The second-order valence-corrected chi connectivity index (χ2v) is 8.14. The van der Waals surface area contributed by atoms with Gasteiger partial charge in [-0.2, -0.15) is 0 Å². The Balaban J connectivity index is 1.88. The molecule has 6 nitrogen and oxygen atoms in total. The van der Waals surface area contributed by atoms with Crippen molar-refractivity contribution in [1.29, 1.82) is 0 Å². The molecule has 2 aliphatic rings. The Morgan fingerprint density at radius 3 is 2.41 bits per heavy atom. The van der Waals surface area contributed by atoms with E-state index in [0.29, 0.717) is 35.6 Å². The van der Waals surface area contributed by atoms with Gasteiger partial charge in [-0.1, -0.05) is 30.3 Å². The minimum atomic E-state index is -0.711. The molecule has 0 aromatic heterocycles. The first kappa shape index (κ1) is 21.8. The molecule has 166 valence electrons. The summed E-state index contributed by atoms with van der Waals surface area (Å²) in [6.45, 7) is 1.82. The molecular formula is C26H27NO5. The molecule has 4 rings (SSSR count). The summed E-state index contributed by atoms with van der Waals surface area (Å²) in [7, 11) is 4.51. The molecule has 0 saturated heterocycles. The van der Waals surface area contributed by atoms with Crippen LogP contribution in [0.2, 0.25) is 0 Å². The van der Waals surface area contributed by atoms with Gasteiger partial charge < -0.3 is 14.2 Å². The number of ketones is 1. The van der Waals surface area contributed by atoms with Gasteiger partial charge >= 0.3 is 5.97 Å². The molecule has 0 amide bonds. The Kier molecular flexibility index (Phi) is 6.12. The van der Waals surface area contributed by atoms with Crippen molar-refractivity contribution in [2.75, 3.05) is 21.3 Å². The topological polar surface area (TPSA) is 74.2 Å². The maximum atomic E-state index is 13.6. The van der Waals surface area contributed by atoms with Crippen LogP contribution in [0.3, 0.4) is 0 Å². The third-order valence-electron chi connectivity index (χ3n) is 6.39. The van der Waals surface area contributed by atoms with Gasteiger partial charge in [-0.05, 0) is 43.0 Å². The van der Waals surface area contributed by atoms with Crippen LogP contribution in [0.4, 0.5) is 0 Å². The minimum absolute atomic E-state index is 0.000120. The van der Waals surface area contributed by atoms with E-state index in [1.54, 1.807) is 26.4 Å². The van der Waals surface area contributed by atoms with Gasteiger partial charge in [0.25, 0.3) is 0 Å². The maximum absolute atomic E-state index is 13.6. The van der Waals surface area contributed by atoms with E-state index in [-0.39, 0.29) is 11.7 Å². The monoisotopic (exact) mass is 433 g/mol. The van der Waals surface area contributed by atoms with Crippen molar-refractivity contribution in [3.63, 3.8) is 0 Å². The number of allylic oxidation sites excluding steroid dienone is 2. The Morgan fingerprint density at radius 2 is 1.75 bits per heavy atom. The van der Waals surface area contributed by atoms with E-state index in [4.69, 9.17) is 19.2 Å². The minimum Gasteiger partial charge on any atom is -0.497 e. The van der Waals surface area contributed by atoms with Crippen LogP contribution in [0.15, 0.2) is 64.8 Å². The first-order chi connectivity index (χ1) is 15.5. The Morgan fingerprint density at radius 1 is 1.00 bits per heavy atom. The molecule has 6 heteroatoms. The molecule has 2 aromatic carbocycles. The van der Waals surface area contributed by atoms with E-state index < -0.39 is 17.8 Å². The SMILES string of the molecule is COC(=O)C1C(C)=NC2=C(C(=O)CC(c3ccccc3)C2)C1c1cc(OC)ccc1OC. The average molecular weight is 434 g/mol. The zero-order valence-electron chi connectivity index (χ0n) is 18.8. The summed E-state index contributed by atoms with van der Waals surface area (Å²) in [6.07, 6.45) is 1.01. The normalized spacial score (nSPS) is 22.7. The van der Waals surface area contributed by atoms with Crippen LogP contribution < -0.4 is 9.47 Å². The van der Waals surface area contributed by atoms with Crippen LogP contribution in [-0.4, -0.2) is 38.8 Å². The third kappa shape index (κ3) is 3.81. The number of carbonyl (C=O) groups excluding carboxylic acids is 2. The van der Waals surface area contributed by atoms with Crippen molar-refractivity contribution in [3.05, 3.63) is 70.9 Å². The summed E-state index contributed by atoms with van der Waals surface area (Å²) in [5.41, 5.74) is 3.78. The first-order valence-electron chi connectivity index (χ1n) is 10.6. The van der Waals surface area contributed by atoms with Crippen molar-refractivity contribution < 1.29 is 23.8 Å². The van der Waals surface area contributed by atoms with E-state index in [0.717, 1.165) is 16.8 Å². The zero-order chi connectivity index (χ0) is 22.8. The van der Waals surface area contributed by atoms with Gasteiger partial charge in [-0.25, -0.2) is 0 Å². The zero-order valence-corrected chi connectivity index (χ0v) is 18.8. The molecule has 3 atom stereocenters. The molecule has 0 bridgehead atoms. The predicted molar refractivity (Wildman–Crippen MR) is 121 cm³/mol. The second-order valence-electron chi connectivity index (χ2n) is 8.14. The predicted octanol–water partition coefficient (Wildman–Crippen LogP) is 4.45. The van der Waals surface area contributed by atoms with E-state index in [1.807, 2.05) is 43.3 Å². The number of rotatable bonds is 5. The molecule has 2 aromatic rings. The van der Waals surface area contributed by atoms with Crippen molar-refractivity contribution in [3.8, 4) is 11.5 Å². The highest BCUT2D eigenvalue weighted by Gasteiger charge is 2.45. The first-order valence-corrected chi connectivity index (χ1v) is 10.6. The van der Waals surface area contributed by atoms with Crippen molar-refractivity contribution in [2.45, 2.75) is 31.6 Å². The lowest BCUT2D eigenvalue weighted by Crippen LogP contribution is -2.38. The lowest BCUT2D eigenvalue weighted by Gasteiger charge is -2.36.